The fourth-order valence-electron chi connectivity index (χ4n) is 2.81. The molecule has 150 valence electrons. The van der Waals surface area contributed by atoms with E-state index in [1.54, 1.807) is 42.5 Å². The maximum absolute atomic E-state index is 10.9. The summed E-state index contributed by atoms with van der Waals surface area (Å²) in [6.45, 7) is 0.258. The summed E-state index contributed by atoms with van der Waals surface area (Å²) >= 11 is 6.21. The van der Waals surface area contributed by atoms with Crippen LogP contribution in [0.15, 0.2) is 66.7 Å². The van der Waals surface area contributed by atoms with Gasteiger partial charge in [0.2, 0.25) is 0 Å². The molecule has 0 aromatic heterocycles. The maximum atomic E-state index is 10.9. The van der Waals surface area contributed by atoms with Crippen molar-refractivity contribution < 1.29 is 19.4 Å². The van der Waals surface area contributed by atoms with Gasteiger partial charge in [0.05, 0.1) is 24.3 Å². The molecule has 3 aromatic rings. The third-order valence-electron chi connectivity index (χ3n) is 4.38. The van der Waals surface area contributed by atoms with Crippen molar-refractivity contribution in [2.45, 2.75) is 6.61 Å². The van der Waals surface area contributed by atoms with Gasteiger partial charge in [0, 0.05) is 10.6 Å². The molecule has 0 atom stereocenters. The van der Waals surface area contributed by atoms with Gasteiger partial charge in [-0.25, -0.2) is 4.79 Å². The molecule has 30 heavy (non-hydrogen) atoms. The summed E-state index contributed by atoms with van der Waals surface area (Å²) in [6, 6.07) is 21.2. The van der Waals surface area contributed by atoms with Gasteiger partial charge < -0.3 is 14.6 Å². The molecule has 0 aliphatic rings. The Kier molecular flexibility index (Phi) is 6.74. The Morgan fingerprint density at radius 1 is 1.10 bits per heavy atom. The van der Waals surface area contributed by atoms with Crippen molar-refractivity contribution in [3.05, 3.63) is 94.0 Å². The number of carboxylic acids is 1. The van der Waals surface area contributed by atoms with E-state index >= 15 is 0 Å². The number of rotatable bonds is 7. The lowest BCUT2D eigenvalue weighted by atomic mass is 10.0. The fourth-order valence-corrected chi connectivity index (χ4v) is 3.05. The first kappa shape index (κ1) is 21.0. The Morgan fingerprint density at radius 2 is 1.83 bits per heavy atom. The average Bonchev–Trinajstić information content (AvgIpc) is 2.77. The monoisotopic (exact) mass is 419 g/mol. The number of carbonyl (C=O) groups is 1. The van der Waals surface area contributed by atoms with Crippen LogP contribution in [0.2, 0.25) is 5.02 Å². The lowest BCUT2D eigenvalue weighted by Crippen LogP contribution is -2.00. The molecule has 3 aromatic carbocycles. The van der Waals surface area contributed by atoms with Crippen LogP contribution in [0.4, 0.5) is 0 Å². The van der Waals surface area contributed by atoms with Crippen LogP contribution in [0, 0.1) is 11.3 Å². The molecule has 0 amide bonds. The third kappa shape index (κ3) is 4.99. The minimum Gasteiger partial charge on any atom is -0.493 e. The number of aromatic carboxylic acids is 1. The van der Waals surface area contributed by atoms with Crippen LogP contribution >= 0.6 is 11.6 Å². The number of nitriles is 1. The van der Waals surface area contributed by atoms with E-state index in [1.165, 1.54) is 19.2 Å². The highest BCUT2D eigenvalue weighted by Crippen LogP contribution is 2.31. The van der Waals surface area contributed by atoms with Crippen molar-refractivity contribution in [1.82, 2.24) is 0 Å². The molecule has 0 fully saturated rings. The van der Waals surface area contributed by atoms with E-state index in [9.17, 15) is 10.1 Å². The van der Waals surface area contributed by atoms with Gasteiger partial charge in [-0.1, -0.05) is 48.0 Å². The van der Waals surface area contributed by atoms with Gasteiger partial charge in [0.1, 0.15) is 6.61 Å². The number of methoxy groups -OCH3 is 1. The predicted octanol–water partition coefficient (Wildman–Crippen LogP) is 5.69. The standard InChI is InChI=1S/C24H18ClNO4/c1-29-23-13-17(12-19(14-26)20-4-2-3-5-21(20)25)8-11-22(23)30-15-16-6-9-18(10-7-16)24(27)28/h2-13H,15H2,1H3,(H,27,28). The second-order valence-electron chi connectivity index (χ2n) is 6.35. The lowest BCUT2D eigenvalue weighted by Gasteiger charge is -2.12. The zero-order valence-electron chi connectivity index (χ0n) is 16.1. The van der Waals surface area contributed by atoms with E-state index in [4.69, 9.17) is 26.2 Å². The quantitative estimate of drug-likeness (QED) is 0.393. The van der Waals surface area contributed by atoms with Crippen LogP contribution in [0.25, 0.3) is 11.6 Å². The van der Waals surface area contributed by atoms with Crippen LogP contribution in [0.5, 0.6) is 11.5 Å². The topological polar surface area (TPSA) is 79.5 Å². The number of allylic oxidation sites excluding steroid dienone is 1. The van der Waals surface area contributed by atoms with Crippen molar-refractivity contribution in [2.75, 3.05) is 7.11 Å². The number of halogens is 1. The molecular weight excluding hydrogens is 402 g/mol. The Bertz CT molecular complexity index is 1130. The highest BCUT2D eigenvalue weighted by Gasteiger charge is 2.09. The zero-order valence-corrected chi connectivity index (χ0v) is 16.9. The van der Waals surface area contributed by atoms with E-state index in [0.29, 0.717) is 27.7 Å². The second kappa shape index (κ2) is 9.64. The molecule has 0 heterocycles. The highest BCUT2D eigenvalue weighted by molar-refractivity contribution is 6.32. The van der Waals surface area contributed by atoms with Gasteiger partial charge in [-0.3, -0.25) is 0 Å². The molecule has 0 unspecified atom stereocenters. The van der Waals surface area contributed by atoms with Crippen molar-refractivity contribution in [3.63, 3.8) is 0 Å². The van der Waals surface area contributed by atoms with Gasteiger partial charge in [0.15, 0.2) is 11.5 Å². The number of ether oxygens (including phenoxy) is 2. The minimum absolute atomic E-state index is 0.222. The van der Waals surface area contributed by atoms with Crippen molar-refractivity contribution >= 4 is 29.2 Å². The van der Waals surface area contributed by atoms with E-state index in [-0.39, 0.29) is 12.2 Å². The summed E-state index contributed by atoms with van der Waals surface area (Å²) in [6.07, 6.45) is 1.73. The lowest BCUT2D eigenvalue weighted by molar-refractivity contribution is 0.0697. The largest absolute Gasteiger partial charge is 0.493 e. The van der Waals surface area contributed by atoms with E-state index in [2.05, 4.69) is 6.07 Å². The Balaban J connectivity index is 1.80. The molecule has 0 saturated heterocycles. The van der Waals surface area contributed by atoms with Gasteiger partial charge >= 0.3 is 5.97 Å². The summed E-state index contributed by atoms with van der Waals surface area (Å²) in [5.41, 5.74) is 2.91. The normalized spacial score (nSPS) is 10.9. The van der Waals surface area contributed by atoms with Gasteiger partial charge in [-0.15, -0.1) is 0 Å². The zero-order chi connectivity index (χ0) is 21.5. The second-order valence-corrected chi connectivity index (χ2v) is 6.76. The van der Waals surface area contributed by atoms with Gasteiger partial charge in [0.25, 0.3) is 0 Å². The first-order chi connectivity index (χ1) is 14.5. The molecule has 0 radical (unpaired) electrons. The maximum Gasteiger partial charge on any atom is 0.335 e. The number of nitrogens with zero attached hydrogens (tertiary/aromatic N) is 1. The molecule has 0 spiro atoms. The van der Waals surface area contributed by atoms with Gasteiger partial charge in [-0.2, -0.15) is 5.26 Å². The van der Waals surface area contributed by atoms with E-state index < -0.39 is 5.97 Å². The van der Waals surface area contributed by atoms with Crippen LogP contribution in [0.3, 0.4) is 0 Å². The third-order valence-corrected chi connectivity index (χ3v) is 4.71. The molecule has 0 bridgehead atoms. The van der Waals surface area contributed by atoms with E-state index in [0.717, 1.165) is 11.1 Å². The van der Waals surface area contributed by atoms with Crippen LogP contribution in [-0.4, -0.2) is 18.2 Å². The number of carboxylic acid groups (broad SMARTS) is 1. The molecule has 1 N–H and O–H groups in total. The van der Waals surface area contributed by atoms with E-state index in [1.807, 2.05) is 18.2 Å². The molecule has 5 nitrogen and oxygen atoms in total. The fraction of sp³-hybridized carbons (Fsp3) is 0.0833. The van der Waals surface area contributed by atoms with Crippen molar-refractivity contribution in [3.8, 4) is 17.6 Å². The summed E-state index contributed by atoms with van der Waals surface area (Å²) in [5.74, 6) is 0.0804. The first-order valence-electron chi connectivity index (χ1n) is 9.01. The Labute approximate surface area is 179 Å². The molecule has 0 saturated carbocycles. The molecule has 0 aliphatic heterocycles. The molecular formula is C24H18ClNO4. The van der Waals surface area contributed by atoms with Crippen LogP contribution in [0.1, 0.15) is 27.0 Å². The number of hydrogen-bond acceptors (Lipinski definition) is 4. The predicted molar refractivity (Wildman–Crippen MR) is 116 cm³/mol. The van der Waals surface area contributed by atoms with Crippen molar-refractivity contribution in [1.29, 1.82) is 5.26 Å². The summed E-state index contributed by atoms with van der Waals surface area (Å²) in [7, 11) is 1.54. The summed E-state index contributed by atoms with van der Waals surface area (Å²) in [5, 5.41) is 19.0. The molecule has 3 rings (SSSR count). The van der Waals surface area contributed by atoms with Crippen LogP contribution in [-0.2, 0) is 6.61 Å². The number of hydrogen-bond donors (Lipinski definition) is 1. The Morgan fingerprint density at radius 3 is 2.47 bits per heavy atom. The van der Waals surface area contributed by atoms with Crippen LogP contribution < -0.4 is 9.47 Å². The first-order valence-corrected chi connectivity index (χ1v) is 9.39. The summed E-state index contributed by atoms with van der Waals surface area (Å²) in [4.78, 5) is 10.9. The highest BCUT2D eigenvalue weighted by atomic mass is 35.5. The minimum atomic E-state index is -0.971. The smallest absolute Gasteiger partial charge is 0.335 e. The average molecular weight is 420 g/mol. The number of benzene rings is 3. The van der Waals surface area contributed by atoms with Crippen molar-refractivity contribution in [2.24, 2.45) is 0 Å². The van der Waals surface area contributed by atoms with Gasteiger partial charge in [-0.05, 0) is 47.5 Å². The summed E-state index contributed by atoms with van der Waals surface area (Å²) < 4.78 is 11.3. The molecule has 6 heteroatoms. The Hall–Kier alpha value is -3.75. The SMILES string of the molecule is COc1cc(C=C(C#N)c2ccccc2Cl)ccc1OCc1ccc(C(=O)O)cc1. The molecule has 0 aliphatic carbocycles.